The fourth-order valence-corrected chi connectivity index (χ4v) is 1.87. The van der Waals surface area contributed by atoms with Crippen LogP contribution >= 0.6 is 34.2 Å². The molecule has 88 valence electrons. The van der Waals surface area contributed by atoms with Crippen LogP contribution in [0.5, 0.6) is 0 Å². The normalized spacial score (nSPS) is 10.5. The Labute approximate surface area is 117 Å². The first-order valence-electron chi connectivity index (χ1n) is 4.83. The van der Waals surface area contributed by atoms with Crippen LogP contribution in [0, 0.1) is 3.57 Å². The van der Waals surface area contributed by atoms with E-state index in [2.05, 4.69) is 27.6 Å². The molecule has 2 rings (SSSR count). The molecule has 0 saturated heterocycles. The number of nitrogens with zero attached hydrogens (tertiary/aromatic N) is 2. The van der Waals surface area contributed by atoms with Crippen molar-refractivity contribution in [3.8, 4) is 0 Å². The molecule has 2 aromatic rings. The van der Waals surface area contributed by atoms with E-state index < -0.39 is 0 Å². The van der Waals surface area contributed by atoms with Crippen LogP contribution in [-0.2, 0) is 6.54 Å². The van der Waals surface area contributed by atoms with Crippen molar-refractivity contribution in [2.45, 2.75) is 6.54 Å². The third-order valence-electron chi connectivity index (χ3n) is 2.29. The molecule has 0 radical (unpaired) electrons. The fraction of sp³-hybridized carbons (Fsp3) is 0.0909. The maximum atomic E-state index is 11.8. The number of anilines is 1. The lowest BCUT2D eigenvalue weighted by atomic mass is 10.2. The molecule has 1 aromatic carbocycles. The number of benzene rings is 1. The minimum absolute atomic E-state index is 0.0142. The fourth-order valence-electron chi connectivity index (χ4n) is 1.38. The van der Waals surface area contributed by atoms with Gasteiger partial charge in [0.05, 0.1) is 12.9 Å². The van der Waals surface area contributed by atoms with E-state index >= 15 is 0 Å². The summed E-state index contributed by atoms with van der Waals surface area (Å²) in [5.41, 5.74) is 6.21. The van der Waals surface area contributed by atoms with Crippen LogP contribution in [-0.4, -0.2) is 9.55 Å². The number of hydrogen-bond donors (Lipinski definition) is 1. The predicted molar refractivity (Wildman–Crippen MR) is 76.2 cm³/mol. The Morgan fingerprint density at radius 1 is 1.35 bits per heavy atom. The Morgan fingerprint density at radius 2 is 2.00 bits per heavy atom. The largest absolute Gasteiger partial charge is 0.392 e. The van der Waals surface area contributed by atoms with Gasteiger partial charge in [-0.2, -0.15) is 0 Å². The van der Waals surface area contributed by atoms with Gasteiger partial charge in [-0.15, -0.1) is 0 Å². The zero-order chi connectivity index (χ0) is 12.4. The summed E-state index contributed by atoms with van der Waals surface area (Å²) >= 11 is 7.88. The molecule has 0 aliphatic carbocycles. The molecule has 0 aliphatic heterocycles. The second-order valence-electron chi connectivity index (χ2n) is 3.51. The van der Waals surface area contributed by atoms with Crippen LogP contribution in [0.1, 0.15) is 5.56 Å². The Morgan fingerprint density at radius 3 is 2.65 bits per heavy atom. The first-order chi connectivity index (χ1) is 8.08. The second-order valence-corrected chi connectivity index (χ2v) is 5.11. The first kappa shape index (κ1) is 12.4. The Kier molecular flexibility index (Phi) is 3.68. The summed E-state index contributed by atoms with van der Waals surface area (Å²) in [6.45, 7) is 0.435. The van der Waals surface area contributed by atoms with Crippen molar-refractivity contribution >= 4 is 39.9 Å². The lowest BCUT2D eigenvalue weighted by Crippen LogP contribution is -2.24. The highest BCUT2D eigenvalue weighted by Gasteiger charge is 2.06. The van der Waals surface area contributed by atoms with Crippen molar-refractivity contribution in [3.05, 3.63) is 55.2 Å². The molecule has 0 amide bonds. The SMILES string of the molecule is Nc1c(Cl)ncn(Cc2ccc(I)cc2)c1=O. The summed E-state index contributed by atoms with van der Waals surface area (Å²) in [7, 11) is 0. The first-order valence-corrected chi connectivity index (χ1v) is 6.28. The molecule has 0 atom stereocenters. The number of hydrogen-bond acceptors (Lipinski definition) is 3. The predicted octanol–water partition coefficient (Wildman–Crippen LogP) is 2.13. The molecule has 0 bridgehead atoms. The van der Waals surface area contributed by atoms with Gasteiger partial charge in [-0.25, -0.2) is 4.98 Å². The van der Waals surface area contributed by atoms with E-state index in [4.69, 9.17) is 17.3 Å². The Hall–Kier alpha value is -1.08. The molecule has 1 heterocycles. The molecule has 17 heavy (non-hydrogen) atoms. The van der Waals surface area contributed by atoms with Gasteiger partial charge in [0.2, 0.25) is 0 Å². The van der Waals surface area contributed by atoms with Gasteiger partial charge in [-0.3, -0.25) is 9.36 Å². The van der Waals surface area contributed by atoms with Crippen LogP contribution in [0.4, 0.5) is 5.69 Å². The topological polar surface area (TPSA) is 60.9 Å². The van der Waals surface area contributed by atoms with E-state index in [0.29, 0.717) is 6.54 Å². The Balaban J connectivity index is 2.34. The molecule has 0 aliphatic rings. The lowest BCUT2D eigenvalue weighted by Gasteiger charge is -2.06. The van der Waals surface area contributed by atoms with E-state index in [1.807, 2.05) is 24.3 Å². The van der Waals surface area contributed by atoms with Crippen molar-refractivity contribution in [1.82, 2.24) is 9.55 Å². The summed E-state index contributed by atoms with van der Waals surface area (Å²) in [6.07, 6.45) is 1.40. The molecule has 0 unspecified atom stereocenters. The highest BCUT2D eigenvalue weighted by Crippen LogP contribution is 2.10. The summed E-state index contributed by atoms with van der Waals surface area (Å²) in [5.74, 6) is 0. The summed E-state index contributed by atoms with van der Waals surface area (Å²) in [5, 5.41) is 0.0499. The number of aromatic nitrogens is 2. The number of nitrogen functional groups attached to an aromatic ring is 1. The molecule has 4 nitrogen and oxygen atoms in total. The van der Waals surface area contributed by atoms with Crippen molar-refractivity contribution in [2.24, 2.45) is 0 Å². The second kappa shape index (κ2) is 5.05. The van der Waals surface area contributed by atoms with Crippen LogP contribution in [0.3, 0.4) is 0 Å². The lowest BCUT2D eigenvalue weighted by molar-refractivity contribution is 0.739. The minimum Gasteiger partial charge on any atom is -0.392 e. The number of rotatable bonds is 2. The van der Waals surface area contributed by atoms with E-state index in [9.17, 15) is 4.79 Å². The van der Waals surface area contributed by atoms with Crippen molar-refractivity contribution < 1.29 is 0 Å². The van der Waals surface area contributed by atoms with E-state index in [-0.39, 0.29) is 16.4 Å². The monoisotopic (exact) mass is 361 g/mol. The van der Waals surface area contributed by atoms with Crippen LogP contribution in [0.25, 0.3) is 0 Å². The maximum Gasteiger partial charge on any atom is 0.278 e. The van der Waals surface area contributed by atoms with Gasteiger partial charge >= 0.3 is 0 Å². The molecule has 0 saturated carbocycles. The zero-order valence-electron chi connectivity index (χ0n) is 8.73. The van der Waals surface area contributed by atoms with E-state index in [1.54, 1.807) is 0 Å². The van der Waals surface area contributed by atoms with Crippen LogP contribution < -0.4 is 11.3 Å². The average molecular weight is 362 g/mol. The maximum absolute atomic E-state index is 11.8. The van der Waals surface area contributed by atoms with Crippen molar-refractivity contribution in [2.75, 3.05) is 5.73 Å². The third-order valence-corrected chi connectivity index (χ3v) is 3.31. The number of halogens is 2. The summed E-state index contributed by atoms with van der Waals surface area (Å²) < 4.78 is 2.58. The van der Waals surface area contributed by atoms with Gasteiger partial charge in [0.15, 0.2) is 5.15 Å². The quantitative estimate of drug-likeness (QED) is 0.658. The Bertz CT molecular complexity index is 595. The van der Waals surface area contributed by atoms with Crippen LogP contribution in [0.2, 0.25) is 5.15 Å². The smallest absolute Gasteiger partial charge is 0.278 e. The molecule has 1 aromatic heterocycles. The molecule has 6 heteroatoms. The number of nitrogens with two attached hydrogens (primary N) is 1. The van der Waals surface area contributed by atoms with Gasteiger partial charge in [0.25, 0.3) is 5.56 Å². The molecular weight excluding hydrogens is 352 g/mol. The van der Waals surface area contributed by atoms with Crippen molar-refractivity contribution in [1.29, 1.82) is 0 Å². The standard InChI is InChI=1S/C11H9ClIN3O/c12-10-9(14)11(17)16(6-15-10)5-7-1-3-8(13)4-2-7/h1-4,6H,5,14H2. The highest BCUT2D eigenvalue weighted by atomic mass is 127. The molecule has 0 spiro atoms. The zero-order valence-corrected chi connectivity index (χ0v) is 11.6. The van der Waals surface area contributed by atoms with Gasteiger partial charge in [0, 0.05) is 3.57 Å². The summed E-state index contributed by atoms with van der Waals surface area (Å²) in [6, 6.07) is 7.87. The van der Waals surface area contributed by atoms with Crippen LogP contribution in [0.15, 0.2) is 35.4 Å². The molecule has 2 N–H and O–H groups in total. The highest BCUT2D eigenvalue weighted by molar-refractivity contribution is 14.1. The average Bonchev–Trinajstić information content (AvgIpc) is 2.33. The van der Waals surface area contributed by atoms with Crippen molar-refractivity contribution in [3.63, 3.8) is 0 Å². The van der Waals surface area contributed by atoms with Gasteiger partial charge in [-0.1, -0.05) is 23.7 Å². The van der Waals surface area contributed by atoms with Gasteiger partial charge in [-0.05, 0) is 40.3 Å². The molecule has 0 fully saturated rings. The van der Waals surface area contributed by atoms with Gasteiger partial charge in [0.1, 0.15) is 5.69 Å². The third kappa shape index (κ3) is 2.78. The molecular formula is C11H9ClIN3O. The summed E-state index contributed by atoms with van der Waals surface area (Å²) in [4.78, 5) is 15.6. The minimum atomic E-state index is -0.316. The van der Waals surface area contributed by atoms with E-state index in [0.717, 1.165) is 9.13 Å². The van der Waals surface area contributed by atoms with Gasteiger partial charge < -0.3 is 5.73 Å². The van der Waals surface area contributed by atoms with E-state index in [1.165, 1.54) is 10.9 Å².